The smallest absolute Gasteiger partial charge is 0.293 e. The van der Waals surface area contributed by atoms with Crippen molar-refractivity contribution in [2.24, 2.45) is 0 Å². The quantitative estimate of drug-likeness (QED) is 0.541. The molecule has 0 unspecified atom stereocenters. The maximum atomic E-state index is 12.9. The number of nitrogens with zero attached hydrogens (tertiary/aromatic N) is 2. The molecule has 0 spiro atoms. The molecule has 0 bridgehead atoms. The Hall–Kier alpha value is -2.65. The van der Waals surface area contributed by atoms with Gasteiger partial charge in [-0.05, 0) is 42.7 Å². The Balaban J connectivity index is 1.83. The van der Waals surface area contributed by atoms with Gasteiger partial charge in [0.15, 0.2) is 0 Å². The zero-order valence-electron chi connectivity index (χ0n) is 16.3. The lowest BCUT2D eigenvalue weighted by atomic mass is 10.2. The third-order valence-corrected chi connectivity index (χ3v) is 6.88. The van der Waals surface area contributed by atoms with Gasteiger partial charge < -0.3 is 10.1 Å². The van der Waals surface area contributed by atoms with Gasteiger partial charge in [-0.15, -0.1) is 0 Å². The molecule has 1 fully saturated rings. The van der Waals surface area contributed by atoms with Crippen molar-refractivity contribution in [3.05, 3.63) is 58.1 Å². The zero-order chi connectivity index (χ0) is 20.9. The van der Waals surface area contributed by atoms with Crippen LogP contribution in [0.3, 0.4) is 0 Å². The predicted octanol–water partition coefficient (Wildman–Crippen LogP) is 3.78. The average molecular weight is 420 g/mol. The maximum absolute atomic E-state index is 12.9. The second-order valence-corrected chi connectivity index (χ2v) is 8.90. The largest absolute Gasteiger partial charge is 0.497 e. The van der Waals surface area contributed by atoms with Crippen LogP contribution in [0.1, 0.15) is 31.2 Å². The van der Waals surface area contributed by atoms with Gasteiger partial charge in [-0.25, -0.2) is 8.42 Å². The number of anilines is 1. The number of hydrogen-bond donors (Lipinski definition) is 1. The van der Waals surface area contributed by atoms with Crippen LogP contribution in [-0.2, 0) is 16.6 Å². The molecule has 1 aliphatic rings. The Kier molecular flexibility index (Phi) is 6.71. The molecule has 9 heteroatoms. The van der Waals surface area contributed by atoms with Crippen LogP contribution < -0.4 is 10.1 Å². The van der Waals surface area contributed by atoms with Gasteiger partial charge in [0.1, 0.15) is 11.4 Å². The third kappa shape index (κ3) is 5.04. The lowest BCUT2D eigenvalue weighted by molar-refractivity contribution is -0.384. The molecule has 0 atom stereocenters. The van der Waals surface area contributed by atoms with Gasteiger partial charge in [-0.3, -0.25) is 10.1 Å². The van der Waals surface area contributed by atoms with Gasteiger partial charge in [0.05, 0.1) is 16.9 Å². The minimum atomic E-state index is -3.75. The minimum absolute atomic E-state index is 0.0435. The zero-order valence-corrected chi connectivity index (χ0v) is 17.2. The van der Waals surface area contributed by atoms with Crippen LogP contribution in [0.15, 0.2) is 47.4 Å². The van der Waals surface area contributed by atoms with Crippen molar-refractivity contribution in [1.29, 1.82) is 0 Å². The van der Waals surface area contributed by atoms with Crippen LogP contribution in [0.4, 0.5) is 11.4 Å². The molecule has 8 nitrogen and oxygen atoms in total. The summed E-state index contributed by atoms with van der Waals surface area (Å²) in [5.41, 5.74) is 0.899. The Morgan fingerprint density at radius 1 is 1.10 bits per heavy atom. The minimum Gasteiger partial charge on any atom is -0.497 e. The standard InChI is InChI=1S/C20H25N3O5S/c1-28-17-8-6-7-16(13-17)15-21-19-10-9-18(14-20(19)23(24)25)29(26,27)22-11-4-2-3-5-12-22/h6-10,13-14,21H,2-5,11-12,15H2,1H3. The van der Waals surface area contributed by atoms with Crippen LogP contribution in [0.2, 0.25) is 0 Å². The highest BCUT2D eigenvalue weighted by atomic mass is 32.2. The fourth-order valence-corrected chi connectivity index (χ4v) is 4.92. The number of hydrogen-bond acceptors (Lipinski definition) is 6. The monoisotopic (exact) mass is 419 g/mol. The second-order valence-electron chi connectivity index (χ2n) is 6.96. The van der Waals surface area contributed by atoms with E-state index in [0.29, 0.717) is 25.4 Å². The lowest BCUT2D eigenvalue weighted by Crippen LogP contribution is -2.32. The van der Waals surface area contributed by atoms with E-state index in [0.717, 1.165) is 37.3 Å². The van der Waals surface area contributed by atoms with Gasteiger partial charge in [0.25, 0.3) is 5.69 Å². The number of sulfonamides is 1. The van der Waals surface area contributed by atoms with Crippen molar-refractivity contribution in [2.45, 2.75) is 37.1 Å². The highest BCUT2D eigenvalue weighted by molar-refractivity contribution is 7.89. The highest BCUT2D eigenvalue weighted by Gasteiger charge is 2.28. The van der Waals surface area contributed by atoms with Gasteiger partial charge >= 0.3 is 0 Å². The molecule has 3 rings (SSSR count). The van der Waals surface area contributed by atoms with Gasteiger partial charge in [0, 0.05) is 25.7 Å². The van der Waals surface area contributed by atoms with Crippen molar-refractivity contribution in [3.63, 3.8) is 0 Å². The predicted molar refractivity (Wildman–Crippen MR) is 111 cm³/mol. The van der Waals surface area contributed by atoms with E-state index in [4.69, 9.17) is 4.74 Å². The van der Waals surface area contributed by atoms with Crippen molar-refractivity contribution in [3.8, 4) is 5.75 Å². The summed E-state index contributed by atoms with van der Waals surface area (Å²) in [6.45, 7) is 1.24. The van der Waals surface area contributed by atoms with Gasteiger partial charge in [-0.2, -0.15) is 4.31 Å². The Morgan fingerprint density at radius 2 is 1.83 bits per heavy atom. The number of rotatable bonds is 7. The molecule has 0 amide bonds. The molecule has 2 aromatic carbocycles. The van der Waals surface area contributed by atoms with E-state index >= 15 is 0 Å². The number of nitro groups is 1. The second kappa shape index (κ2) is 9.23. The summed E-state index contributed by atoms with van der Waals surface area (Å²) < 4.78 is 32.5. The SMILES string of the molecule is COc1cccc(CNc2ccc(S(=O)(=O)N3CCCCCC3)cc2[N+](=O)[O-])c1. The third-order valence-electron chi connectivity index (χ3n) is 4.99. The molecule has 1 heterocycles. The molecule has 1 aliphatic heterocycles. The van der Waals surface area contributed by atoms with Crippen LogP contribution in [-0.4, -0.2) is 37.8 Å². The van der Waals surface area contributed by atoms with Gasteiger partial charge in [-0.1, -0.05) is 25.0 Å². The maximum Gasteiger partial charge on any atom is 0.293 e. The number of nitrogens with one attached hydrogen (secondary N) is 1. The van der Waals surface area contributed by atoms with Gasteiger partial charge in [0.2, 0.25) is 10.0 Å². The number of methoxy groups -OCH3 is 1. The summed E-state index contributed by atoms with van der Waals surface area (Å²) in [5.74, 6) is 0.692. The summed E-state index contributed by atoms with van der Waals surface area (Å²) in [4.78, 5) is 11.0. The van der Waals surface area contributed by atoms with E-state index in [1.807, 2.05) is 24.3 Å². The molecule has 1 saturated heterocycles. The summed E-state index contributed by atoms with van der Waals surface area (Å²) in [6, 6.07) is 11.4. The number of nitro benzene ring substituents is 1. The van der Waals surface area contributed by atoms with Crippen LogP contribution >= 0.6 is 0 Å². The van der Waals surface area contributed by atoms with Crippen molar-refractivity contribution >= 4 is 21.4 Å². The molecular weight excluding hydrogens is 394 g/mol. The summed E-state index contributed by atoms with van der Waals surface area (Å²) >= 11 is 0. The Bertz CT molecular complexity index is 970. The first-order valence-corrected chi connectivity index (χ1v) is 11.0. The first-order valence-electron chi connectivity index (χ1n) is 9.57. The lowest BCUT2D eigenvalue weighted by Gasteiger charge is -2.20. The fourth-order valence-electron chi connectivity index (χ4n) is 3.38. The van der Waals surface area contributed by atoms with Crippen molar-refractivity contribution < 1.29 is 18.1 Å². The molecule has 0 radical (unpaired) electrons. The van der Waals surface area contributed by atoms with E-state index in [9.17, 15) is 18.5 Å². The van der Waals surface area contributed by atoms with Crippen molar-refractivity contribution in [1.82, 2.24) is 4.31 Å². The van der Waals surface area contributed by atoms with Crippen LogP contribution in [0.25, 0.3) is 0 Å². The van der Waals surface area contributed by atoms with E-state index in [1.54, 1.807) is 7.11 Å². The Labute approximate surface area is 170 Å². The fraction of sp³-hybridized carbons (Fsp3) is 0.400. The van der Waals surface area contributed by atoms with E-state index in [2.05, 4.69) is 5.32 Å². The van der Waals surface area contributed by atoms with Crippen LogP contribution in [0, 0.1) is 10.1 Å². The molecule has 0 saturated carbocycles. The molecule has 29 heavy (non-hydrogen) atoms. The number of ether oxygens (including phenoxy) is 1. The molecule has 156 valence electrons. The topological polar surface area (TPSA) is 102 Å². The molecule has 0 aliphatic carbocycles. The molecule has 0 aromatic heterocycles. The first-order chi connectivity index (χ1) is 13.9. The van der Waals surface area contributed by atoms with E-state index < -0.39 is 14.9 Å². The van der Waals surface area contributed by atoms with Crippen molar-refractivity contribution in [2.75, 3.05) is 25.5 Å². The normalized spacial score (nSPS) is 15.5. The average Bonchev–Trinajstić information content (AvgIpc) is 3.02. The Morgan fingerprint density at radius 3 is 2.48 bits per heavy atom. The molecule has 1 N–H and O–H groups in total. The highest BCUT2D eigenvalue weighted by Crippen LogP contribution is 2.30. The van der Waals surface area contributed by atoms with E-state index in [1.165, 1.54) is 16.4 Å². The van der Waals surface area contributed by atoms with E-state index in [-0.39, 0.29) is 16.3 Å². The first kappa shape index (κ1) is 21.1. The summed E-state index contributed by atoms with van der Waals surface area (Å²) in [5, 5.41) is 14.6. The summed E-state index contributed by atoms with van der Waals surface area (Å²) in [6.07, 6.45) is 3.61. The molecule has 2 aromatic rings. The number of benzene rings is 2. The molecular formula is C20H25N3O5S. The summed E-state index contributed by atoms with van der Waals surface area (Å²) in [7, 11) is -2.18. The van der Waals surface area contributed by atoms with Crippen LogP contribution in [0.5, 0.6) is 5.75 Å².